The SMILES string of the molecule is CC(C)CC(NC(=O)CNC(=O)C(Cc1ccccc1)NC(=O)C(C)NC(=O)C(Cc1ccc(O)cc1)NC(=O)C(CC(C)C)NC(=O)C(CCCN=C(N)N)NC(=O)CNC(=O)C(CC(=O)O)NC(=O)CN)C(N)=O. The lowest BCUT2D eigenvalue weighted by atomic mass is 10.00. The van der Waals surface area contributed by atoms with E-state index in [1.165, 1.54) is 31.2 Å². The molecular weight excluding hydrogens is 993 g/mol. The quantitative estimate of drug-likeness (QED) is 0.0183. The Labute approximate surface area is 440 Å². The number of carboxylic acid groups (broad SMARTS) is 1. The van der Waals surface area contributed by atoms with E-state index in [-0.39, 0.29) is 68.6 Å². The molecule has 27 heteroatoms. The third-order valence-corrected chi connectivity index (χ3v) is 11.1. The molecule has 0 saturated heterocycles. The summed E-state index contributed by atoms with van der Waals surface area (Å²) in [5, 5.41) is 41.4. The van der Waals surface area contributed by atoms with Crippen molar-refractivity contribution in [3.63, 3.8) is 0 Å². The highest BCUT2D eigenvalue weighted by Crippen LogP contribution is 2.14. The zero-order valence-electron chi connectivity index (χ0n) is 43.3. The fraction of sp³-hybridized carbons (Fsp3) is 0.510. The molecule has 0 radical (unpaired) electrons. The molecule has 2 aromatic carbocycles. The Bertz CT molecular complexity index is 2350. The first kappa shape index (κ1) is 63.8. The van der Waals surface area contributed by atoms with E-state index in [2.05, 4.69) is 52.8 Å². The fourth-order valence-corrected chi connectivity index (χ4v) is 7.26. The minimum Gasteiger partial charge on any atom is -0.508 e. The van der Waals surface area contributed by atoms with E-state index in [1.54, 1.807) is 44.2 Å². The lowest BCUT2D eigenvalue weighted by molar-refractivity contribution is -0.140. The van der Waals surface area contributed by atoms with Crippen LogP contribution in [0.5, 0.6) is 5.75 Å². The average Bonchev–Trinajstić information content (AvgIpc) is 3.34. The van der Waals surface area contributed by atoms with E-state index in [0.29, 0.717) is 11.1 Å². The first-order valence-electron chi connectivity index (χ1n) is 24.5. The largest absolute Gasteiger partial charge is 0.508 e. The highest BCUT2D eigenvalue weighted by atomic mass is 16.4. The zero-order chi connectivity index (χ0) is 57.1. The molecule has 76 heavy (non-hydrogen) atoms. The molecule has 0 aromatic heterocycles. The number of guanidine groups is 1. The number of hydrogen-bond acceptors (Lipinski definition) is 14. The van der Waals surface area contributed by atoms with Crippen molar-refractivity contribution in [2.24, 2.45) is 39.8 Å². The second kappa shape index (κ2) is 32.7. The van der Waals surface area contributed by atoms with Crippen molar-refractivity contribution in [1.82, 2.24) is 47.9 Å². The van der Waals surface area contributed by atoms with Gasteiger partial charge in [-0.2, -0.15) is 0 Å². The molecule has 2 rings (SSSR count). The topological polar surface area (TPSA) is 453 Å². The van der Waals surface area contributed by atoms with Crippen molar-refractivity contribution in [2.75, 3.05) is 26.2 Å². The lowest BCUT2D eigenvalue weighted by Crippen LogP contribution is -2.59. The van der Waals surface area contributed by atoms with E-state index in [4.69, 9.17) is 22.9 Å². The molecule has 418 valence electrons. The van der Waals surface area contributed by atoms with Crippen molar-refractivity contribution < 1.29 is 63.0 Å². The molecule has 0 spiro atoms. The summed E-state index contributed by atoms with van der Waals surface area (Å²) in [6.07, 6.45) is -0.767. The normalized spacial score (nSPS) is 13.6. The Kier molecular flexibility index (Phi) is 27.5. The van der Waals surface area contributed by atoms with Crippen LogP contribution in [0.1, 0.15) is 77.8 Å². The van der Waals surface area contributed by atoms with Crippen molar-refractivity contribution in [3.05, 3.63) is 65.7 Å². The number of primary amides is 1. The minimum atomic E-state index is -1.58. The summed E-state index contributed by atoms with van der Waals surface area (Å²) in [6, 6.07) is 4.98. The first-order chi connectivity index (χ1) is 35.8. The van der Waals surface area contributed by atoms with Crippen molar-refractivity contribution >= 4 is 71.0 Å². The number of carbonyl (C=O) groups excluding carboxylic acids is 10. The predicted molar refractivity (Wildman–Crippen MR) is 276 cm³/mol. The smallest absolute Gasteiger partial charge is 0.305 e. The highest BCUT2D eigenvalue weighted by Gasteiger charge is 2.33. The number of nitrogens with zero attached hydrogens (tertiary/aromatic N) is 1. The van der Waals surface area contributed by atoms with Gasteiger partial charge in [0.25, 0.3) is 0 Å². The number of rotatable bonds is 33. The molecule has 7 unspecified atom stereocenters. The summed E-state index contributed by atoms with van der Waals surface area (Å²) in [4.78, 5) is 147. The van der Waals surface area contributed by atoms with Gasteiger partial charge in [-0.3, -0.25) is 57.7 Å². The third-order valence-electron chi connectivity index (χ3n) is 11.1. The number of nitrogens with one attached hydrogen (secondary N) is 9. The maximum Gasteiger partial charge on any atom is 0.305 e. The molecule has 0 saturated carbocycles. The van der Waals surface area contributed by atoms with Gasteiger partial charge in [0.15, 0.2) is 5.96 Å². The Morgan fingerprint density at radius 1 is 0.526 bits per heavy atom. The first-order valence-corrected chi connectivity index (χ1v) is 24.5. The summed E-state index contributed by atoms with van der Waals surface area (Å²) in [6.45, 7) is 6.66. The predicted octanol–water partition coefficient (Wildman–Crippen LogP) is -4.11. The van der Waals surface area contributed by atoms with Crippen molar-refractivity contribution in [1.29, 1.82) is 0 Å². The number of nitrogens with two attached hydrogens (primary N) is 4. The second-order valence-corrected chi connectivity index (χ2v) is 18.7. The molecule has 0 aliphatic carbocycles. The fourth-order valence-electron chi connectivity index (χ4n) is 7.26. The number of carbonyl (C=O) groups is 11. The average molecular weight is 1070 g/mol. The van der Waals surface area contributed by atoms with Gasteiger partial charge in [-0.25, -0.2) is 0 Å². The number of carboxylic acids is 1. The van der Waals surface area contributed by atoms with Gasteiger partial charge in [0.2, 0.25) is 59.1 Å². The van der Waals surface area contributed by atoms with Crippen LogP contribution in [0.4, 0.5) is 0 Å². The lowest BCUT2D eigenvalue weighted by Gasteiger charge is -2.27. The number of phenols is 1. The van der Waals surface area contributed by atoms with Crippen molar-refractivity contribution in [3.8, 4) is 5.75 Å². The highest BCUT2D eigenvalue weighted by molar-refractivity contribution is 5.98. The molecule has 27 nitrogen and oxygen atoms in total. The second-order valence-electron chi connectivity index (χ2n) is 18.7. The number of aliphatic carboxylic acids is 1. The summed E-state index contributed by atoms with van der Waals surface area (Å²) >= 11 is 0. The monoisotopic (exact) mass is 1070 g/mol. The van der Waals surface area contributed by atoms with Crippen LogP contribution in [0.25, 0.3) is 0 Å². The summed E-state index contributed by atoms with van der Waals surface area (Å²) < 4.78 is 0. The molecule has 0 aliphatic heterocycles. The van der Waals surface area contributed by atoms with Gasteiger partial charge in [-0.05, 0) is 67.7 Å². The van der Waals surface area contributed by atoms with Gasteiger partial charge in [0, 0.05) is 19.4 Å². The Morgan fingerprint density at radius 3 is 1.51 bits per heavy atom. The van der Waals surface area contributed by atoms with E-state index in [0.717, 1.165) is 0 Å². The van der Waals surface area contributed by atoms with E-state index in [9.17, 15) is 63.0 Å². The van der Waals surface area contributed by atoms with Crippen LogP contribution in [0, 0.1) is 11.8 Å². The molecule has 0 aliphatic rings. The van der Waals surface area contributed by atoms with E-state index >= 15 is 0 Å². The Morgan fingerprint density at radius 2 is 0.987 bits per heavy atom. The van der Waals surface area contributed by atoms with Gasteiger partial charge >= 0.3 is 5.97 Å². The van der Waals surface area contributed by atoms with Crippen LogP contribution in [0.3, 0.4) is 0 Å². The summed E-state index contributed by atoms with van der Waals surface area (Å²) in [7, 11) is 0. The van der Waals surface area contributed by atoms with Crippen LogP contribution in [0.2, 0.25) is 0 Å². The molecule has 0 bridgehead atoms. The van der Waals surface area contributed by atoms with Crippen LogP contribution in [-0.2, 0) is 65.6 Å². The van der Waals surface area contributed by atoms with Crippen molar-refractivity contribution in [2.45, 2.75) is 122 Å². The number of phenolic OH excluding ortho intramolecular Hbond substituents is 1. The van der Waals surface area contributed by atoms with E-state index in [1.807, 2.05) is 13.8 Å². The van der Waals surface area contributed by atoms with E-state index < -0.39 is 133 Å². The summed E-state index contributed by atoms with van der Waals surface area (Å²) in [5.41, 5.74) is 22.7. The van der Waals surface area contributed by atoms with Gasteiger partial charge < -0.3 is 81.0 Å². The van der Waals surface area contributed by atoms with Gasteiger partial charge in [0.05, 0.1) is 26.1 Å². The molecule has 2 aromatic rings. The molecular formula is C49H74N14O13. The van der Waals surface area contributed by atoms with Gasteiger partial charge in [-0.1, -0.05) is 70.2 Å². The number of aliphatic imine (C=N–C) groups is 1. The zero-order valence-corrected chi connectivity index (χ0v) is 43.3. The number of benzene rings is 2. The van der Waals surface area contributed by atoms with Gasteiger partial charge in [-0.15, -0.1) is 0 Å². The Balaban J connectivity index is 2.36. The molecule has 0 fully saturated rings. The third kappa shape index (κ3) is 25.0. The number of hydrogen-bond donors (Lipinski definition) is 15. The molecule has 10 amide bonds. The standard InChI is InChI=1S/C49H74N14O13/c1-26(2)18-33(42(51)70)59-40(67)25-55-44(72)35(20-29-10-7-6-8-11-29)61-43(71)28(5)57-47(75)36(21-30-13-15-31(64)16-14-30)63-48(76)34(19-27(3)4)62-46(74)32(12-9-17-54-49(52)53)58-39(66)24-56-45(73)37(22-41(68)69)60-38(65)23-50/h6-8,10-11,13-16,26-28,32-37,64H,9,12,17-25,50H2,1-5H3,(H2,51,70)(H,55,72)(H,56,73)(H,57,75)(H,58,66)(H,59,67)(H,60,65)(H,61,71)(H,62,74)(H,63,76)(H,68,69)(H4,52,53,54). The molecule has 7 atom stereocenters. The van der Waals surface area contributed by atoms with Gasteiger partial charge in [0.1, 0.15) is 48.0 Å². The minimum absolute atomic E-state index is 0.00430. The van der Waals surface area contributed by atoms with Crippen LogP contribution >= 0.6 is 0 Å². The molecule has 0 heterocycles. The number of aromatic hydroxyl groups is 1. The van der Waals surface area contributed by atoms with Crippen LogP contribution in [0.15, 0.2) is 59.6 Å². The van der Waals surface area contributed by atoms with Crippen LogP contribution in [-0.4, -0.2) is 150 Å². The van der Waals surface area contributed by atoms with Crippen LogP contribution < -0.4 is 70.8 Å². The maximum absolute atomic E-state index is 14.3. The Hall–Kier alpha value is -8.36. The maximum atomic E-state index is 14.3. The summed E-state index contributed by atoms with van der Waals surface area (Å²) in [5.74, 6) is -10.4. The number of amides is 10. The molecule has 19 N–H and O–H groups in total.